The number of non-ortho nitro benzene ring substituents is 1. The quantitative estimate of drug-likeness (QED) is 0.528. The van der Waals surface area contributed by atoms with Crippen LogP contribution in [0, 0.1) is 28.9 Å². The van der Waals surface area contributed by atoms with E-state index in [1.807, 2.05) is 0 Å². The number of aromatic nitrogens is 3. The number of thiazole rings is 1. The predicted octanol–water partition coefficient (Wildman–Crippen LogP) is 3.78. The van der Waals surface area contributed by atoms with Gasteiger partial charge in [-0.2, -0.15) is 4.52 Å². The number of rotatable bonds is 4. The van der Waals surface area contributed by atoms with Crippen LogP contribution in [0.1, 0.15) is 42.6 Å². The van der Waals surface area contributed by atoms with E-state index in [0.717, 1.165) is 23.5 Å². The van der Waals surface area contributed by atoms with Crippen molar-refractivity contribution in [1.82, 2.24) is 19.5 Å². The second kappa shape index (κ2) is 7.14. The van der Waals surface area contributed by atoms with Gasteiger partial charge in [0.2, 0.25) is 10.8 Å². The zero-order valence-electron chi connectivity index (χ0n) is 16.1. The molecule has 1 fully saturated rings. The van der Waals surface area contributed by atoms with Crippen LogP contribution in [0.5, 0.6) is 5.88 Å². The van der Waals surface area contributed by atoms with E-state index in [-0.39, 0.29) is 17.6 Å². The molecule has 1 aromatic carbocycles. The van der Waals surface area contributed by atoms with Crippen molar-refractivity contribution in [2.24, 2.45) is 11.8 Å². The third-order valence-electron chi connectivity index (χ3n) is 5.24. The summed E-state index contributed by atoms with van der Waals surface area (Å²) in [7, 11) is 0. The summed E-state index contributed by atoms with van der Waals surface area (Å²) in [6, 6.07) is 6.43. The van der Waals surface area contributed by atoms with Crippen LogP contribution in [0.25, 0.3) is 4.96 Å². The number of piperidine rings is 1. The van der Waals surface area contributed by atoms with Gasteiger partial charge in [-0.1, -0.05) is 37.3 Å². The molecular weight excluding hydrogens is 378 g/mol. The van der Waals surface area contributed by atoms with Gasteiger partial charge in [-0.05, 0) is 30.7 Å². The highest BCUT2D eigenvalue weighted by atomic mass is 32.1. The SMILES string of the molecule is Cc1nc2sc(C(c3ccc([N+](=O)[O-])cc3)N3CC(C)CC(C)C3)c(O)n2n1. The van der Waals surface area contributed by atoms with Gasteiger partial charge in [-0.3, -0.25) is 15.0 Å². The molecule has 8 nitrogen and oxygen atoms in total. The second-order valence-electron chi connectivity index (χ2n) is 7.79. The number of nitro benzene ring substituents is 1. The topological polar surface area (TPSA) is 96.8 Å². The first kappa shape index (κ1) is 18.8. The summed E-state index contributed by atoms with van der Waals surface area (Å²) in [5, 5.41) is 26.2. The van der Waals surface area contributed by atoms with Gasteiger partial charge in [0.25, 0.3) is 5.69 Å². The number of likely N-dealkylation sites (tertiary alicyclic amines) is 1. The van der Waals surface area contributed by atoms with Crippen LogP contribution in [-0.2, 0) is 0 Å². The number of aryl methyl sites for hydroxylation is 1. The maximum Gasteiger partial charge on any atom is 0.269 e. The van der Waals surface area contributed by atoms with Gasteiger partial charge in [-0.25, -0.2) is 4.98 Å². The number of benzene rings is 1. The molecule has 0 aliphatic carbocycles. The molecule has 148 valence electrons. The lowest BCUT2D eigenvalue weighted by atomic mass is 9.89. The van der Waals surface area contributed by atoms with Crippen LogP contribution in [0.15, 0.2) is 24.3 Å². The summed E-state index contributed by atoms with van der Waals surface area (Å²) in [6.45, 7) is 8.07. The lowest BCUT2D eigenvalue weighted by Crippen LogP contribution is -2.41. The Hall–Kier alpha value is -2.52. The summed E-state index contributed by atoms with van der Waals surface area (Å²) in [6.07, 6.45) is 1.17. The van der Waals surface area contributed by atoms with Crippen molar-refractivity contribution in [2.45, 2.75) is 33.2 Å². The van der Waals surface area contributed by atoms with Crippen molar-refractivity contribution < 1.29 is 10.0 Å². The molecule has 9 heteroatoms. The summed E-state index contributed by atoms with van der Waals surface area (Å²) in [4.78, 5) is 18.8. The summed E-state index contributed by atoms with van der Waals surface area (Å²) < 4.78 is 1.48. The van der Waals surface area contributed by atoms with E-state index in [2.05, 4.69) is 28.8 Å². The van der Waals surface area contributed by atoms with E-state index in [9.17, 15) is 15.2 Å². The zero-order chi connectivity index (χ0) is 20.0. The van der Waals surface area contributed by atoms with Crippen LogP contribution in [0.4, 0.5) is 5.69 Å². The minimum Gasteiger partial charge on any atom is -0.492 e. The van der Waals surface area contributed by atoms with Gasteiger partial charge < -0.3 is 5.11 Å². The molecule has 0 saturated carbocycles. The van der Waals surface area contributed by atoms with Crippen molar-refractivity contribution in [3.05, 3.63) is 50.6 Å². The molecule has 3 aromatic rings. The Morgan fingerprint density at radius 1 is 1.25 bits per heavy atom. The number of fused-ring (bicyclic) bond motifs is 1. The molecule has 28 heavy (non-hydrogen) atoms. The van der Waals surface area contributed by atoms with Gasteiger partial charge in [-0.15, -0.1) is 5.10 Å². The Balaban J connectivity index is 1.81. The Morgan fingerprint density at radius 3 is 2.46 bits per heavy atom. The molecule has 1 N–H and O–H groups in total. The normalized spacial score (nSPS) is 21.8. The van der Waals surface area contributed by atoms with Crippen LogP contribution in [0.3, 0.4) is 0 Å². The highest BCUT2D eigenvalue weighted by molar-refractivity contribution is 7.17. The lowest BCUT2D eigenvalue weighted by molar-refractivity contribution is -0.384. The number of hydrogen-bond acceptors (Lipinski definition) is 7. The van der Waals surface area contributed by atoms with E-state index >= 15 is 0 Å². The zero-order valence-corrected chi connectivity index (χ0v) is 16.9. The van der Waals surface area contributed by atoms with Crippen molar-refractivity contribution >= 4 is 22.0 Å². The Morgan fingerprint density at radius 2 is 1.89 bits per heavy atom. The molecule has 3 atom stereocenters. The fourth-order valence-electron chi connectivity index (χ4n) is 4.25. The van der Waals surface area contributed by atoms with Crippen molar-refractivity contribution in [3.8, 4) is 5.88 Å². The van der Waals surface area contributed by atoms with Crippen molar-refractivity contribution in [1.29, 1.82) is 0 Å². The highest BCUT2D eigenvalue weighted by Gasteiger charge is 2.33. The fourth-order valence-corrected chi connectivity index (χ4v) is 5.42. The summed E-state index contributed by atoms with van der Waals surface area (Å²) in [5.41, 5.74) is 0.980. The van der Waals surface area contributed by atoms with E-state index in [0.29, 0.717) is 22.6 Å². The van der Waals surface area contributed by atoms with Crippen LogP contribution in [0.2, 0.25) is 0 Å². The monoisotopic (exact) mass is 401 g/mol. The lowest BCUT2D eigenvalue weighted by Gasteiger charge is -2.40. The van der Waals surface area contributed by atoms with Gasteiger partial charge in [0.1, 0.15) is 5.82 Å². The van der Waals surface area contributed by atoms with Crippen LogP contribution in [-0.4, -0.2) is 42.6 Å². The smallest absolute Gasteiger partial charge is 0.269 e. The van der Waals surface area contributed by atoms with E-state index < -0.39 is 4.92 Å². The van der Waals surface area contributed by atoms with Crippen LogP contribution < -0.4 is 0 Å². The fraction of sp³-hybridized carbons (Fsp3) is 0.474. The van der Waals surface area contributed by atoms with Crippen molar-refractivity contribution in [3.63, 3.8) is 0 Å². The molecule has 0 bridgehead atoms. The predicted molar refractivity (Wildman–Crippen MR) is 107 cm³/mol. The molecule has 3 heterocycles. The first-order valence-corrected chi connectivity index (χ1v) is 10.2. The minimum atomic E-state index is -0.396. The Labute approximate surface area is 166 Å². The molecule has 1 aliphatic rings. The second-order valence-corrected chi connectivity index (χ2v) is 8.80. The van der Waals surface area contributed by atoms with E-state index in [1.54, 1.807) is 19.1 Å². The molecule has 1 saturated heterocycles. The molecule has 1 aliphatic heterocycles. The molecule has 0 radical (unpaired) electrons. The first-order valence-electron chi connectivity index (χ1n) is 9.37. The van der Waals surface area contributed by atoms with Gasteiger partial charge in [0.15, 0.2) is 0 Å². The maximum absolute atomic E-state index is 11.0. The molecule has 0 amide bonds. The number of hydrogen-bond donors (Lipinski definition) is 1. The van der Waals surface area contributed by atoms with E-state index in [4.69, 9.17) is 0 Å². The number of aromatic hydroxyl groups is 1. The third-order valence-corrected chi connectivity index (χ3v) is 6.31. The molecule has 4 rings (SSSR count). The average Bonchev–Trinajstić information content (AvgIpc) is 3.13. The third kappa shape index (κ3) is 3.35. The van der Waals surface area contributed by atoms with E-state index in [1.165, 1.54) is 34.4 Å². The molecule has 0 spiro atoms. The maximum atomic E-state index is 11.0. The largest absolute Gasteiger partial charge is 0.492 e. The first-order chi connectivity index (χ1) is 13.3. The van der Waals surface area contributed by atoms with Gasteiger partial charge >= 0.3 is 0 Å². The summed E-state index contributed by atoms with van der Waals surface area (Å²) in [5.74, 6) is 1.78. The minimum absolute atomic E-state index is 0.0605. The van der Waals surface area contributed by atoms with Crippen molar-refractivity contribution in [2.75, 3.05) is 13.1 Å². The van der Waals surface area contributed by atoms with Gasteiger partial charge in [0, 0.05) is 25.2 Å². The highest BCUT2D eigenvalue weighted by Crippen LogP contribution is 2.42. The van der Waals surface area contributed by atoms with Crippen LogP contribution >= 0.6 is 11.3 Å². The Bertz CT molecular complexity index is 1000. The van der Waals surface area contributed by atoms with Gasteiger partial charge in [0.05, 0.1) is 15.8 Å². The summed E-state index contributed by atoms with van der Waals surface area (Å²) >= 11 is 1.42. The molecule has 2 aromatic heterocycles. The molecular formula is C19H23N5O3S. The molecule has 3 unspecified atom stereocenters. The standard InChI is InChI=1S/C19H23N5O3S/c1-11-8-12(2)10-22(9-11)16(14-4-6-15(7-5-14)24(26)27)17-18(25)23-19(28-17)20-13(3)21-23/h4-7,11-12,16,25H,8-10H2,1-3H3. The number of nitro groups is 1. The average molecular weight is 401 g/mol. The Kier molecular flexibility index (Phi) is 4.80. The number of nitrogens with zero attached hydrogens (tertiary/aromatic N) is 5.